The van der Waals surface area contributed by atoms with Gasteiger partial charge in [0.2, 0.25) is 15.9 Å². The van der Waals surface area contributed by atoms with E-state index < -0.39 is 10.0 Å². The van der Waals surface area contributed by atoms with E-state index in [1.54, 1.807) is 0 Å². The van der Waals surface area contributed by atoms with Gasteiger partial charge in [0.05, 0.1) is 12.4 Å². The Kier molecular flexibility index (Phi) is 7.01. The summed E-state index contributed by atoms with van der Waals surface area (Å²) in [5.74, 6) is 0.157. The van der Waals surface area contributed by atoms with Crippen LogP contribution in [0.1, 0.15) is 24.8 Å². The van der Waals surface area contributed by atoms with Crippen LogP contribution in [0.25, 0.3) is 0 Å². The van der Waals surface area contributed by atoms with E-state index in [2.05, 4.69) is 5.32 Å². The van der Waals surface area contributed by atoms with Gasteiger partial charge in [-0.15, -0.1) is 0 Å². The molecule has 0 radical (unpaired) electrons. The third-order valence-corrected chi connectivity index (χ3v) is 5.65. The zero-order valence-electron chi connectivity index (χ0n) is 13.2. The molecule has 1 aromatic carbocycles. The van der Waals surface area contributed by atoms with Crippen LogP contribution in [-0.4, -0.2) is 50.6 Å². The molecule has 0 unspecified atom stereocenters. The van der Waals surface area contributed by atoms with E-state index in [4.69, 9.17) is 4.74 Å². The molecule has 1 aromatic rings. The largest absolute Gasteiger partial charge is 0.377 e. The molecular formula is C16H24N2O4S. The number of benzene rings is 1. The molecule has 0 atom stereocenters. The molecule has 1 aliphatic heterocycles. The summed E-state index contributed by atoms with van der Waals surface area (Å²) < 4.78 is 30.1. The monoisotopic (exact) mass is 340 g/mol. The van der Waals surface area contributed by atoms with E-state index >= 15 is 0 Å². The van der Waals surface area contributed by atoms with Crippen molar-refractivity contribution in [2.45, 2.75) is 25.9 Å². The first kappa shape index (κ1) is 17.9. The minimum absolute atomic E-state index is 0.0649. The van der Waals surface area contributed by atoms with Gasteiger partial charge < -0.3 is 10.1 Å². The summed E-state index contributed by atoms with van der Waals surface area (Å²) >= 11 is 0. The lowest BCUT2D eigenvalue weighted by molar-refractivity contribution is -0.121. The molecule has 1 amide bonds. The molecule has 1 fully saturated rings. The van der Waals surface area contributed by atoms with Gasteiger partial charge in [0, 0.05) is 32.7 Å². The Labute approximate surface area is 137 Å². The van der Waals surface area contributed by atoms with Gasteiger partial charge in [-0.25, -0.2) is 12.7 Å². The molecule has 0 bridgehead atoms. The van der Waals surface area contributed by atoms with Gasteiger partial charge in [-0.05, 0) is 18.4 Å². The molecule has 1 aliphatic rings. The summed E-state index contributed by atoms with van der Waals surface area (Å²) in [7, 11) is -3.07. The van der Waals surface area contributed by atoms with Crippen LogP contribution in [-0.2, 0) is 26.2 Å². The first-order chi connectivity index (χ1) is 11.1. The summed E-state index contributed by atoms with van der Waals surface area (Å²) in [4.78, 5) is 11.7. The quantitative estimate of drug-likeness (QED) is 0.684. The van der Waals surface area contributed by atoms with Crippen molar-refractivity contribution >= 4 is 15.9 Å². The van der Waals surface area contributed by atoms with Gasteiger partial charge in [-0.2, -0.15) is 0 Å². The highest BCUT2D eigenvalue weighted by atomic mass is 32.2. The van der Waals surface area contributed by atoms with Crippen LogP contribution in [0, 0.1) is 0 Å². The molecule has 2 rings (SSSR count). The molecule has 7 heteroatoms. The number of sulfonamides is 1. The second-order valence-corrected chi connectivity index (χ2v) is 7.65. The van der Waals surface area contributed by atoms with Crippen molar-refractivity contribution in [1.82, 2.24) is 9.62 Å². The average molecular weight is 340 g/mol. The SMILES string of the molecule is O=C(CCCOCc1ccccc1)NCCN1CCCS1(=O)=O. The fourth-order valence-corrected chi connectivity index (χ4v) is 3.98. The molecule has 128 valence electrons. The van der Waals surface area contributed by atoms with Gasteiger partial charge in [-0.1, -0.05) is 30.3 Å². The second kappa shape index (κ2) is 9.00. The van der Waals surface area contributed by atoms with Gasteiger partial charge in [0.1, 0.15) is 0 Å². The number of amides is 1. The topological polar surface area (TPSA) is 75.7 Å². The zero-order valence-corrected chi connectivity index (χ0v) is 14.1. The van der Waals surface area contributed by atoms with Gasteiger partial charge in [0.25, 0.3) is 0 Å². The normalized spacial score (nSPS) is 17.2. The van der Waals surface area contributed by atoms with Gasteiger partial charge in [-0.3, -0.25) is 4.79 Å². The number of hydrogen-bond acceptors (Lipinski definition) is 4. The van der Waals surface area contributed by atoms with Crippen LogP contribution in [0.2, 0.25) is 0 Å². The Hall–Kier alpha value is -1.44. The van der Waals surface area contributed by atoms with E-state index in [-0.39, 0.29) is 11.7 Å². The third kappa shape index (κ3) is 6.29. The Balaban J connectivity index is 1.50. The number of ether oxygens (including phenoxy) is 1. The standard InChI is InChI=1S/C16H24N2O4S/c19-16(17-9-11-18-10-5-13-23(18,20)21)8-4-12-22-14-15-6-2-1-3-7-15/h1-3,6-7H,4-5,8-14H2,(H,17,19). The van der Waals surface area contributed by atoms with Gasteiger partial charge in [0.15, 0.2) is 0 Å². The summed E-state index contributed by atoms with van der Waals surface area (Å²) in [5, 5.41) is 2.76. The van der Waals surface area contributed by atoms with E-state index in [1.165, 1.54) is 4.31 Å². The maximum absolute atomic E-state index is 11.7. The predicted octanol–water partition coefficient (Wildman–Crippen LogP) is 1.14. The van der Waals surface area contributed by atoms with Crippen LogP contribution in [0.15, 0.2) is 30.3 Å². The van der Waals surface area contributed by atoms with Crippen molar-refractivity contribution in [3.63, 3.8) is 0 Å². The van der Waals surface area contributed by atoms with Crippen molar-refractivity contribution < 1.29 is 17.9 Å². The number of carbonyl (C=O) groups is 1. The summed E-state index contributed by atoms with van der Waals surface area (Å²) in [6.07, 6.45) is 1.72. The number of nitrogens with zero attached hydrogens (tertiary/aromatic N) is 1. The third-order valence-electron chi connectivity index (χ3n) is 3.69. The van der Waals surface area contributed by atoms with E-state index in [9.17, 15) is 13.2 Å². The van der Waals surface area contributed by atoms with Crippen molar-refractivity contribution in [2.24, 2.45) is 0 Å². The Morgan fingerprint density at radius 2 is 2.04 bits per heavy atom. The minimum atomic E-state index is -3.07. The first-order valence-electron chi connectivity index (χ1n) is 7.94. The lowest BCUT2D eigenvalue weighted by Crippen LogP contribution is -2.35. The van der Waals surface area contributed by atoms with Crippen LogP contribution in [0.4, 0.5) is 0 Å². The molecule has 0 aromatic heterocycles. The van der Waals surface area contributed by atoms with Crippen molar-refractivity contribution in [3.05, 3.63) is 35.9 Å². The molecule has 1 saturated heterocycles. The molecule has 23 heavy (non-hydrogen) atoms. The Bertz CT molecular complexity index is 589. The van der Waals surface area contributed by atoms with Crippen LogP contribution in [0.3, 0.4) is 0 Å². The van der Waals surface area contributed by atoms with Crippen LogP contribution in [0.5, 0.6) is 0 Å². The average Bonchev–Trinajstić information content (AvgIpc) is 2.87. The van der Waals surface area contributed by atoms with Gasteiger partial charge >= 0.3 is 0 Å². The van der Waals surface area contributed by atoms with E-state index in [0.29, 0.717) is 52.1 Å². The summed E-state index contributed by atoms with van der Waals surface area (Å²) in [6.45, 7) is 2.37. The minimum Gasteiger partial charge on any atom is -0.377 e. The summed E-state index contributed by atoms with van der Waals surface area (Å²) in [5.41, 5.74) is 1.11. The molecule has 0 aliphatic carbocycles. The lowest BCUT2D eigenvalue weighted by atomic mass is 10.2. The van der Waals surface area contributed by atoms with Crippen molar-refractivity contribution in [3.8, 4) is 0 Å². The number of carbonyl (C=O) groups excluding carboxylic acids is 1. The van der Waals surface area contributed by atoms with Crippen molar-refractivity contribution in [1.29, 1.82) is 0 Å². The number of hydrogen-bond donors (Lipinski definition) is 1. The number of rotatable bonds is 9. The highest BCUT2D eigenvalue weighted by Crippen LogP contribution is 2.11. The fraction of sp³-hybridized carbons (Fsp3) is 0.562. The molecular weight excluding hydrogens is 316 g/mol. The first-order valence-corrected chi connectivity index (χ1v) is 9.55. The molecule has 6 nitrogen and oxygen atoms in total. The molecule has 1 N–H and O–H groups in total. The maximum Gasteiger partial charge on any atom is 0.220 e. The predicted molar refractivity (Wildman–Crippen MR) is 88.3 cm³/mol. The second-order valence-electron chi connectivity index (χ2n) is 5.56. The summed E-state index contributed by atoms with van der Waals surface area (Å²) in [6, 6.07) is 9.89. The van der Waals surface area contributed by atoms with Crippen LogP contribution >= 0.6 is 0 Å². The Morgan fingerprint density at radius 1 is 1.26 bits per heavy atom. The Morgan fingerprint density at radius 3 is 2.74 bits per heavy atom. The fourth-order valence-electron chi connectivity index (χ4n) is 2.45. The van der Waals surface area contributed by atoms with E-state index in [1.807, 2.05) is 30.3 Å². The molecule has 0 saturated carbocycles. The number of nitrogens with one attached hydrogen (secondary N) is 1. The maximum atomic E-state index is 11.7. The smallest absolute Gasteiger partial charge is 0.220 e. The van der Waals surface area contributed by atoms with E-state index in [0.717, 1.165) is 5.56 Å². The lowest BCUT2D eigenvalue weighted by Gasteiger charge is -2.14. The highest BCUT2D eigenvalue weighted by Gasteiger charge is 2.27. The zero-order chi connectivity index (χ0) is 16.5. The molecule has 1 heterocycles. The highest BCUT2D eigenvalue weighted by molar-refractivity contribution is 7.89. The van der Waals surface area contributed by atoms with Crippen LogP contribution < -0.4 is 5.32 Å². The molecule has 0 spiro atoms. The van der Waals surface area contributed by atoms with Crippen molar-refractivity contribution in [2.75, 3.05) is 32.0 Å².